The van der Waals surface area contributed by atoms with Crippen LogP contribution < -0.4 is 15.4 Å². The van der Waals surface area contributed by atoms with E-state index in [1.807, 2.05) is 32.0 Å². The molecule has 6 nitrogen and oxygen atoms in total. The van der Waals surface area contributed by atoms with Crippen molar-refractivity contribution in [3.8, 4) is 11.8 Å². The lowest BCUT2D eigenvalue weighted by atomic mass is 10.1. The SMILES string of the molecule is Cc1ccc(NC(=O)COc2c(Br)cc(/C=C(\C#N)C(=O)Nc3cccc(C(F)(F)F)c3)cc2Br)c(C)c1. The van der Waals surface area contributed by atoms with Gasteiger partial charge in [-0.3, -0.25) is 9.59 Å². The summed E-state index contributed by atoms with van der Waals surface area (Å²) in [5.74, 6) is -0.912. The van der Waals surface area contributed by atoms with Crippen LogP contribution in [0.4, 0.5) is 24.5 Å². The summed E-state index contributed by atoms with van der Waals surface area (Å²) in [6.45, 7) is 3.57. The Kier molecular flexibility index (Phi) is 9.36. The number of hydrogen-bond acceptors (Lipinski definition) is 4. The Bertz CT molecular complexity index is 1440. The smallest absolute Gasteiger partial charge is 0.416 e. The van der Waals surface area contributed by atoms with E-state index in [0.29, 0.717) is 25.9 Å². The minimum absolute atomic E-state index is 0.101. The van der Waals surface area contributed by atoms with Gasteiger partial charge in [-0.25, -0.2) is 0 Å². The number of nitrogens with zero attached hydrogens (tertiary/aromatic N) is 1. The Labute approximate surface area is 233 Å². The largest absolute Gasteiger partial charge is 0.481 e. The minimum atomic E-state index is -4.57. The van der Waals surface area contributed by atoms with Crippen molar-refractivity contribution >= 4 is 61.1 Å². The van der Waals surface area contributed by atoms with Gasteiger partial charge in [-0.15, -0.1) is 0 Å². The van der Waals surface area contributed by atoms with E-state index < -0.39 is 17.6 Å². The molecule has 3 aromatic rings. The standard InChI is InChI=1S/C27H20Br2F3N3O3/c1-15-6-7-23(16(2)8-15)35-24(36)14-38-25-21(28)10-17(11-22(25)29)9-18(13-33)26(37)34-20-5-3-4-19(12-20)27(30,31)32/h3-12H,14H2,1-2H3,(H,34,37)(H,35,36)/b18-9+. The molecule has 3 rings (SSSR count). The summed E-state index contributed by atoms with van der Waals surface area (Å²) in [6.07, 6.45) is -3.30. The van der Waals surface area contributed by atoms with Gasteiger partial charge < -0.3 is 15.4 Å². The van der Waals surface area contributed by atoms with E-state index in [-0.39, 0.29) is 23.8 Å². The molecule has 0 aliphatic carbocycles. The molecule has 0 aromatic heterocycles. The average molecular weight is 651 g/mol. The molecule has 0 fully saturated rings. The molecule has 0 bridgehead atoms. The van der Waals surface area contributed by atoms with Crippen LogP contribution in [0.25, 0.3) is 6.08 Å². The minimum Gasteiger partial charge on any atom is -0.481 e. The van der Waals surface area contributed by atoms with Crippen LogP contribution in [0.15, 0.2) is 69.1 Å². The molecule has 0 saturated carbocycles. The molecule has 2 amide bonds. The van der Waals surface area contributed by atoms with Crippen LogP contribution in [0.5, 0.6) is 5.75 Å². The summed E-state index contributed by atoms with van der Waals surface area (Å²) in [7, 11) is 0. The Hall–Kier alpha value is -3.62. The lowest BCUT2D eigenvalue weighted by Gasteiger charge is -2.13. The molecule has 0 unspecified atom stereocenters. The number of aryl methyl sites for hydroxylation is 2. The number of nitrogens with one attached hydrogen (secondary N) is 2. The van der Waals surface area contributed by atoms with Crippen molar-refractivity contribution in [2.24, 2.45) is 0 Å². The molecular weight excluding hydrogens is 631 g/mol. The number of nitriles is 1. The zero-order valence-electron chi connectivity index (χ0n) is 20.0. The van der Waals surface area contributed by atoms with Crippen molar-refractivity contribution < 1.29 is 27.5 Å². The number of ether oxygens (including phenoxy) is 1. The van der Waals surface area contributed by atoms with Gasteiger partial charge in [-0.2, -0.15) is 18.4 Å². The van der Waals surface area contributed by atoms with E-state index in [4.69, 9.17) is 4.74 Å². The van der Waals surface area contributed by atoms with Gasteiger partial charge in [0.15, 0.2) is 6.61 Å². The Morgan fingerprint density at radius 2 is 1.71 bits per heavy atom. The normalized spacial score (nSPS) is 11.5. The van der Waals surface area contributed by atoms with E-state index in [1.165, 1.54) is 12.1 Å². The Morgan fingerprint density at radius 3 is 2.32 bits per heavy atom. The lowest BCUT2D eigenvalue weighted by Crippen LogP contribution is -2.21. The molecule has 0 aliphatic heterocycles. The maximum Gasteiger partial charge on any atom is 0.416 e. The molecule has 0 aliphatic rings. The van der Waals surface area contributed by atoms with Crippen molar-refractivity contribution in [1.29, 1.82) is 5.26 Å². The van der Waals surface area contributed by atoms with Gasteiger partial charge in [0.05, 0.1) is 14.5 Å². The zero-order valence-corrected chi connectivity index (χ0v) is 23.2. The van der Waals surface area contributed by atoms with Gasteiger partial charge in [-0.05, 0) is 99.3 Å². The van der Waals surface area contributed by atoms with Gasteiger partial charge >= 0.3 is 6.18 Å². The highest BCUT2D eigenvalue weighted by Crippen LogP contribution is 2.36. The van der Waals surface area contributed by atoms with Crippen molar-refractivity contribution in [2.75, 3.05) is 17.2 Å². The number of anilines is 2. The number of hydrogen-bond donors (Lipinski definition) is 2. The first kappa shape index (κ1) is 28.9. The number of amides is 2. The molecule has 0 heterocycles. The molecule has 196 valence electrons. The second-order valence-electron chi connectivity index (χ2n) is 8.17. The van der Waals surface area contributed by atoms with E-state index in [0.717, 1.165) is 29.3 Å². The summed E-state index contributed by atoms with van der Waals surface area (Å²) in [6, 6.07) is 14.6. The first-order valence-corrected chi connectivity index (χ1v) is 12.6. The maximum atomic E-state index is 12.9. The molecule has 0 saturated heterocycles. The number of rotatable bonds is 7. The van der Waals surface area contributed by atoms with Crippen LogP contribution in [0.2, 0.25) is 0 Å². The highest BCUT2D eigenvalue weighted by atomic mass is 79.9. The van der Waals surface area contributed by atoms with Crippen molar-refractivity contribution in [2.45, 2.75) is 20.0 Å². The predicted molar refractivity (Wildman–Crippen MR) is 146 cm³/mol. The average Bonchev–Trinajstić information content (AvgIpc) is 2.83. The number of carbonyl (C=O) groups is 2. The molecule has 11 heteroatoms. The molecule has 2 N–H and O–H groups in total. The van der Waals surface area contributed by atoms with Gasteiger partial charge in [0.2, 0.25) is 0 Å². The first-order valence-electron chi connectivity index (χ1n) is 11.0. The van der Waals surface area contributed by atoms with Gasteiger partial charge in [0.25, 0.3) is 11.8 Å². The molecule has 0 radical (unpaired) electrons. The summed E-state index contributed by atoms with van der Waals surface area (Å²) in [5, 5.41) is 14.6. The molecular formula is C27H20Br2F3N3O3. The van der Waals surface area contributed by atoms with E-state index in [2.05, 4.69) is 42.5 Å². The van der Waals surface area contributed by atoms with Crippen LogP contribution >= 0.6 is 31.9 Å². The topological polar surface area (TPSA) is 91.2 Å². The first-order chi connectivity index (χ1) is 17.9. The van der Waals surface area contributed by atoms with Crippen LogP contribution in [0, 0.1) is 25.2 Å². The zero-order chi connectivity index (χ0) is 28.0. The second kappa shape index (κ2) is 12.3. The van der Waals surface area contributed by atoms with Crippen molar-refractivity contribution in [3.05, 3.63) is 91.4 Å². The van der Waals surface area contributed by atoms with Gasteiger partial charge in [0, 0.05) is 11.4 Å². The third-order valence-corrected chi connectivity index (χ3v) is 6.33. The lowest BCUT2D eigenvalue weighted by molar-refractivity contribution is -0.137. The Balaban J connectivity index is 1.71. The second-order valence-corrected chi connectivity index (χ2v) is 9.88. The molecule has 0 atom stereocenters. The highest BCUT2D eigenvalue weighted by Gasteiger charge is 2.30. The van der Waals surface area contributed by atoms with E-state index in [9.17, 15) is 28.0 Å². The third kappa shape index (κ3) is 7.69. The molecule has 3 aromatic carbocycles. The summed E-state index contributed by atoms with van der Waals surface area (Å²) in [5.41, 5.74) is 1.73. The van der Waals surface area contributed by atoms with Crippen molar-refractivity contribution in [3.63, 3.8) is 0 Å². The van der Waals surface area contributed by atoms with Crippen LogP contribution in [0.3, 0.4) is 0 Å². The molecule has 0 spiro atoms. The summed E-state index contributed by atoms with van der Waals surface area (Å²) < 4.78 is 45.3. The third-order valence-electron chi connectivity index (χ3n) is 5.15. The predicted octanol–water partition coefficient (Wildman–Crippen LogP) is 7.41. The number of carbonyl (C=O) groups excluding carboxylic acids is 2. The summed E-state index contributed by atoms with van der Waals surface area (Å²) >= 11 is 6.72. The monoisotopic (exact) mass is 649 g/mol. The van der Waals surface area contributed by atoms with Crippen LogP contribution in [-0.2, 0) is 15.8 Å². The fraction of sp³-hybridized carbons (Fsp3) is 0.148. The van der Waals surface area contributed by atoms with Crippen molar-refractivity contribution in [1.82, 2.24) is 0 Å². The number of halogens is 5. The summed E-state index contributed by atoms with van der Waals surface area (Å²) in [4.78, 5) is 24.9. The highest BCUT2D eigenvalue weighted by molar-refractivity contribution is 9.11. The number of benzene rings is 3. The van der Waals surface area contributed by atoms with E-state index >= 15 is 0 Å². The van der Waals surface area contributed by atoms with Crippen LogP contribution in [-0.4, -0.2) is 18.4 Å². The maximum absolute atomic E-state index is 12.9. The van der Waals surface area contributed by atoms with E-state index in [1.54, 1.807) is 18.2 Å². The Morgan fingerprint density at radius 1 is 1.03 bits per heavy atom. The fourth-order valence-corrected chi connectivity index (χ4v) is 4.82. The van der Waals surface area contributed by atoms with Gasteiger partial charge in [0.1, 0.15) is 17.4 Å². The van der Waals surface area contributed by atoms with Gasteiger partial charge in [-0.1, -0.05) is 23.8 Å². The molecule has 38 heavy (non-hydrogen) atoms. The fourth-order valence-electron chi connectivity index (χ4n) is 3.37. The number of alkyl halides is 3. The van der Waals surface area contributed by atoms with Crippen LogP contribution in [0.1, 0.15) is 22.3 Å². The quantitative estimate of drug-likeness (QED) is 0.206.